The summed E-state index contributed by atoms with van der Waals surface area (Å²) in [6.45, 7) is 0.633. The van der Waals surface area contributed by atoms with Crippen LogP contribution in [0.25, 0.3) is 0 Å². The quantitative estimate of drug-likeness (QED) is 0.781. The molecule has 5 heteroatoms. The summed E-state index contributed by atoms with van der Waals surface area (Å²) in [5.74, 6) is -0.766. The Bertz CT molecular complexity index is 386. The van der Waals surface area contributed by atoms with Crippen molar-refractivity contribution in [3.05, 3.63) is 34.6 Å². The van der Waals surface area contributed by atoms with E-state index < -0.39 is 5.82 Å². The fourth-order valence-electron chi connectivity index (χ4n) is 1.25. The highest BCUT2D eigenvalue weighted by Crippen LogP contribution is 2.16. The zero-order valence-corrected chi connectivity index (χ0v) is 11.2. The Morgan fingerprint density at radius 1 is 1.56 bits per heavy atom. The van der Waals surface area contributed by atoms with Gasteiger partial charge < -0.3 is 4.90 Å². The van der Waals surface area contributed by atoms with Crippen molar-refractivity contribution in [2.45, 2.75) is 6.42 Å². The molecule has 0 aromatic heterocycles. The van der Waals surface area contributed by atoms with Crippen molar-refractivity contribution in [2.75, 3.05) is 18.9 Å². The fourth-order valence-corrected chi connectivity index (χ4v) is 1.62. The van der Waals surface area contributed by atoms with Crippen molar-refractivity contribution in [3.63, 3.8) is 0 Å². The molecular formula is C11H12BrClFNO. The third-order valence-corrected chi connectivity index (χ3v) is 3.01. The standard InChI is InChI=1S/C11H12BrClFNO/c1-15(6-2-5-12)11(16)8-3-4-9(13)10(14)7-8/h3-4,7H,2,5-6H2,1H3. The van der Waals surface area contributed by atoms with Gasteiger partial charge in [0.1, 0.15) is 5.82 Å². The Hall–Kier alpha value is -0.610. The van der Waals surface area contributed by atoms with Gasteiger partial charge in [0, 0.05) is 24.5 Å². The minimum absolute atomic E-state index is 0.0275. The lowest BCUT2D eigenvalue weighted by Crippen LogP contribution is -2.28. The Balaban J connectivity index is 2.76. The van der Waals surface area contributed by atoms with Gasteiger partial charge in [-0.05, 0) is 24.6 Å². The highest BCUT2D eigenvalue weighted by Gasteiger charge is 2.12. The number of amides is 1. The molecule has 1 amide bonds. The third-order valence-electron chi connectivity index (χ3n) is 2.14. The summed E-state index contributed by atoms with van der Waals surface area (Å²) in [5.41, 5.74) is 0.318. The maximum Gasteiger partial charge on any atom is 0.253 e. The van der Waals surface area contributed by atoms with Crippen LogP contribution < -0.4 is 0 Å². The molecule has 0 bridgehead atoms. The van der Waals surface area contributed by atoms with Crippen LogP contribution in [0.2, 0.25) is 5.02 Å². The number of benzene rings is 1. The number of carbonyl (C=O) groups excluding carboxylic acids is 1. The first-order valence-electron chi connectivity index (χ1n) is 4.82. The molecule has 0 fully saturated rings. The van der Waals surface area contributed by atoms with Crippen LogP contribution in [0.15, 0.2) is 18.2 Å². The Kier molecular flexibility index (Phi) is 5.22. The van der Waals surface area contributed by atoms with E-state index in [1.54, 1.807) is 11.9 Å². The van der Waals surface area contributed by atoms with Gasteiger partial charge in [0.2, 0.25) is 0 Å². The van der Waals surface area contributed by atoms with E-state index in [4.69, 9.17) is 11.6 Å². The van der Waals surface area contributed by atoms with Crippen molar-refractivity contribution in [2.24, 2.45) is 0 Å². The molecule has 0 atom stereocenters. The molecule has 1 aromatic carbocycles. The molecule has 0 radical (unpaired) electrons. The largest absolute Gasteiger partial charge is 0.342 e. The molecule has 88 valence electrons. The summed E-state index contributed by atoms with van der Waals surface area (Å²) in [6, 6.07) is 4.08. The second-order valence-electron chi connectivity index (χ2n) is 3.40. The van der Waals surface area contributed by atoms with E-state index in [1.165, 1.54) is 12.1 Å². The molecule has 0 spiro atoms. The molecule has 0 N–H and O–H groups in total. The number of carbonyl (C=O) groups is 1. The van der Waals surface area contributed by atoms with Gasteiger partial charge in [-0.3, -0.25) is 4.79 Å². The van der Waals surface area contributed by atoms with Gasteiger partial charge in [0.25, 0.3) is 5.91 Å². The molecule has 1 aromatic rings. The number of hydrogen-bond donors (Lipinski definition) is 0. The smallest absolute Gasteiger partial charge is 0.253 e. The van der Waals surface area contributed by atoms with E-state index in [9.17, 15) is 9.18 Å². The molecular weight excluding hydrogens is 296 g/mol. The molecule has 0 saturated carbocycles. The number of nitrogens with zero attached hydrogens (tertiary/aromatic N) is 1. The van der Waals surface area contributed by atoms with E-state index >= 15 is 0 Å². The van der Waals surface area contributed by atoms with Crippen LogP contribution in [-0.2, 0) is 0 Å². The first-order chi connectivity index (χ1) is 7.56. The highest BCUT2D eigenvalue weighted by atomic mass is 79.9. The average Bonchev–Trinajstić information content (AvgIpc) is 2.28. The van der Waals surface area contributed by atoms with Crippen LogP contribution in [-0.4, -0.2) is 29.7 Å². The minimum atomic E-state index is -0.568. The van der Waals surface area contributed by atoms with Gasteiger partial charge in [-0.2, -0.15) is 0 Å². The molecule has 1 rings (SSSR count). The molecule has 0 saturated heterocycles. The van der Waals surface area contributed by atoms with Gasteiger partial charge in [-0.1, -0.05) is 27.5 Å². The molecule has 0 aliphatic rings. The fraction of sp³-hybridized carbons (Fsp3) is 0.364. The second-order valence-corrected chi connectivity index (χ2v) is 4.60. The lowest BCUT2D eigenvalue weighted by atomic mass is 10.2. The van der Waals surface area contributed by atoms with Crippen molar-refractivity contribution in [1.29, 1.82) is 0 Å². The van der Waals surface area contributed by atoms with E-state index in [-0.39, 0.29) is 10.9 Å². The summed E-state index contributed by atoms with van der Waals surface area (Å²) >= 11 is 8.83. The average molecular weight is 309 g/mol. The molecule has 0 aliphatic carbocycles. The predicted molar refractivity (Wildman–Crippen MR) is 66.8 cm³/mol. The summed E-state index contributed by atoms with van der Waals surface area (Å²) in [4.78, 5) is 13.4. The van der Waals surface area contributed by atoms with E-state index in [2.05, 4.69) is 15.9 Å². The number of hydrogen-bond acceptors (Lipinski definition) is 1. The lowest BCUT2D eigenvalue weighted by Gasteiger charge is -2.16. The topological polar surface area (TPSA) is 20.3 Å². The Morgan fingerprint density at radius 3 is 2.81 bits per heavy atom. The van der Waals surface area contributed by atoms with Crippen molar-refractivity contribution in [1.82, 2.24) is 4.90 Å². The molecule has 0 heterocycles. The molecule has 16 heavy (non-hydrogen) atoms. The van der Waals surface area contributed by atoms with Gasteiger partial charge in [0.15, 0.2) is 0 Å². The number of rotatable bonds is 4. The highest BCUT2D eigenvalue weighted by molar-refractivity contribution is 9.09. The monoisotopic (exact) mass is 307 g/mol. The zero-order valence-electron chi connectivity index (χ0n) is 8.84. The summed E-state index contributed by atoms with van der Waals surface area (Å²) < 4.78 is 13.1. The van der Waals surface area contributed by atoms with Crippen molar-refractivity contribution in [3.8, 4) is 0 Å². The molecule has 0 aliphatic heterocycles. The van der Waals surface area contributed by atoms with Crippen LogP contribution in [0.4, 0.5) is 4.39 Å². The predicted octanol–water partition coefficient (Wildman–Crippen LogP) is 3.34. The lowest BCUT2D eigenvalue weighted by molar-refractivity contribution is 0.0795. The number of halogens is 3. The SMILES string of the molecule is CN(CCCBr)C(=O)c1ccc(Cl)c(F)c1. The minimum Gasteiger partial charge on any atom is -0.342 e. The molecule has 2 nitrogen and oxygen atoms in total. The normalized spacial score (nSPS) is 10.2. The summed E-state index contributed by atoms with van der Waals surface area (Å²) in [6.07, 6.45) is 0.859. The maximum absolute atomic E-state index is 13.1. The van der Waals surface area contributed by atoms with Crippen LogP contribution in [0.5, 0.6) is 0 Å². The van der Waals surface area contributed by atoms with Crippen LogP contribution in [0.1, 0.15) is 16.8 Å². The number of alkyl halides is 1. The first kappa shape index (κ1) is 13.5. The van der Waals surface area contributed by atoms with Crippen LogP contribution in [0, 0.1) is 5.82 Å². The van der Waals surface area contributed by atoms with Crippen molar-refractivity contribution < 1.29 is 9.18 Å². The Labute approximate surface area is 108 Å². The summed E-state index contributed by atoms with van der Waals surface area (Å²) in [5, 5.41) is 0.860. The van der Waals surface area contributed by atoms with Crippen molar-refractivity contribution >= 4 is 33.4 Å². The zero-order chi connectivity index (χ0) is 12.1. The molecule has 0 unspecified atom stereocenters. The second kappa shape index (κ2) is 6.21. The van der Waals surface area contributed by atoms with E-state index in [0.717, 1.165) is 17.8 Å². The Morgan fingerprint density at radius 2 is 2.25 bits per heavy atom. The van der Waals surface area contributed by atoms with Gasteiger partial charge in [-0.15, -0.1) is 0 Å². The van der Waals surface area contributed by atoms with Crippen LogP contribution in [0.3, 0.4) is 0 Å². The summed E-state index contributed by atoms with van der Waals surface area (Å²) in [7, 11) is 1.69. The van der Waals surface area contributed by atoms with E-state index in [0.29, 0.717) is 12.1 Å². The van der Waals surface area contributed by atoms with Crippen LogP contribution >= 0.6 is 27.5 Å². The van der Waals surface area contributed by atoms with Gasteiger partial charge in [-0.25, -0.2) is 4.39 Å². The van der Waals surface area contributed by atoms with E-state index in [1.807, 2.05) is 0 Å². The van der Waals surface area contributed by atoms with Gasteiger partial charge in [0.05, 0.1) is 5.02 Å². The first-order valence-corrected chi connectivity index (χ1v) is 6.32. The van der Waals surface area contributed by atoms with Gasteiger partial charge >= 0.3 is 0 Å². The third kappa shape index (κ3) is 3.46. The maximum atomic E-state index is 13.1.